The van der Waals surface area contributed by atoms with Crippen molar-refractivity contribution in [1.82, 2.24) is 14.7 Å². The zero-order valence-corrected chi connectivity index (χ0v) is 16.0. The van der Waals surface area contributed by atoms with E-state index in [9.17, 15) is 4.79 Å². The lowest BCUT2D eigenvalue weighted by atomic mass is 9.93. The van der Waals surface area contributed by atoms with Gasteiger partial charge in [-0.15, -0.1) is 0 Å². The maximum atomic E-state index is 12.9. The lowest BCUT2D eigenvalue weighted by molar-refractivity contribution is 0.0707. The number of benzene rings is 1. The Kier molecular flexibility index (Phi) is 5.07. The average Bonchev–Trinajstić information content (AvgIpc) is 3.04. The minimum Gasteiger partial charge on any atom is -0.400 e. The number of nitrogens with two attached hydrogens (primary N) is 1. The van der Waals surface area contributed by atoms with Crippen LogP contribution < -0.4 is 5.73 Å². The SMILES string of the molecule is CC1C(N)=C(C(=N)c2ccnn2C)CCN1C(=O)c1cccc(Cl)c1Cl. The van der Waals surface area contributed by atoms with Crippen molar-refractivity contribution in [2.24, 2.45) is 12.8 Å². The molecule has 1 amide bonds. The van der Waals surface area contributed by atoms with Gasteiger partial charge in [-0.2, -0.15) is 5.10 Å². The zero-order chi connectivity index (χ0) is 19.0. The van der Waals surface area contributed by atoms with Crippen LogP contribution in [0.15, 0.2) is 41.7 Å². The summed E-state index contributed by atoms with van der Waals surface area (Å²) in [6, 6.07) is 6.41. The monoisotopic (exact) mass is 391 g/mol. The highest BCUT2D eigenvalue weighted by Crippen LogP contribution is 2.30. The minimum atomic E-state index is -0.352. The third-order valence-corrected chi connectivity index (χ3v) is 5.51. The van der Waals surface area contributed by atoms with Crippen LogP contribution in [0.5, 0.6) is 0 Å². The number of hydrogen-bond acceptors (Lipinski definition) is 4. The first-order valence-corrected chi connectivity index (χ1v) is 8.89. The van der Waals surface area contributed by atoms with E-state index >= 15 is 0 Å². The van der Waals surface area contributed by atoms with Crippen molar-refractivity contribution in [3.05, 3.63) is 63.0 Å². The van der Waals surface area contributed by atoms with Gasteiger partial charge in [0.15, 0.2) is 0 Å². The maximum absolute atomic E-state index is 12.9. The van der Waals surface area contributed by atoms with Crippen LogP contribution in [-0.2, 0) is 7.05 Å². The summed E-state index contributed by atoms with van der Waals surface area (Å²) in [4.78, 5) is 14.6. The van der Waals surface area contributed by atoms with Gasteiger partial charge in [-0.1, -0.05) is 29.3 Å². The number of halogens is 2. The Bertz CT molecular complexity index is 918. The van der Waals surface area contributed by atoms with Crippen LogP contribution >= 0.6 is 23.2 Å². The smallest absolute Gasteiger partial charge is 0.255 e. The second-order valence-corrected chi connectivity index (χ2v) is 6.96. The number of nitrogens with one attached hydrogen (secondary N) is 1. The molecule has 0 bridgehead atoms. The molecule has 26 heavy (non-hydrogen) atoms. The first-order chi connectivity index (χ1) is 12.3. The number of hydrogen-bond donors (Lipinski definition) is 2. The number of aryl methyl sites for hydroxylation is 1. The predicted molar refractivity (Wildman–Crippen MR) is 103 cm³/mol. The molecule has 1 aromatic carbocycles. The third-order valence-electron chi connectivity index (χ3n) is 4.69. The minimum absolute atomic E-state index is 0.223. The van der Waals surface area contributed by atoms with Crippen molar-refractivity contribution in [1.29, 1.82) is 5.41 Å². The summed E-state index contributed by atoms with van der Waals surface area (Å²) < 4.78 is 1.64. The molecule has 0 radical (unpaired) electrons. The fraction of sp³-hybridized carbons (Fsp3) is 0.278. The van der Waals surface area contributed by atoms with E-state index in [1.165, 1.54) is 0 Å². The highest BCUT2D eigenvalue weighted by molar-refractivity contribution is 6.43. The zero-order valence-electron chi connectivity index (χ0n) is 14.5. The molecule has 0 spiro atoms. The van der Waals surface area contributed by atoms with Crippen LogP contribution in [0, 0.1) is 5.41 Å². The average molecular weight is 392 g/mol. The van der Waals surface area contributed by atoms with E-state index in [0.717, 1.165) is 5.57 Å². The molecule has 2 aromatic rings. The fourth-order valence-electron chi connectivity index (χ4n) is 3.13. The Hall–Kier alpha value is -2.31. The highest BCUT2D eigenvalue weighted by atomic mass is 35.5. The largest absolute Gasteiger partial charge is 0.400 e. The molecular formula is C18H19Cl2N5O. The number of nitrogens with zero attached hydrogens (tertiary/aromatic N) is 3. The van der Waals surface area contributed by atoms with E-state index in [-0.39, 0.29) is 17.0 Å². The van der Waals surface area contributed by atoms with Gasteiger partial charge in [-0.25, -0.2) is 0 Å². The summed E-state index contributed by atoms with van der Waals surface area (Å²) in [5, 5.41) is 13.1. The van der Waals surface area contributed by atoms with Gasteiger partial charge < -0.3 is 10.6 Å². The molecule has 2 heterocycles. The Labute approximate surface area is 161 Å². The van der Waals surface area contributed by atoms with E-state index in [1.807, 2.05) is 6.92 Å². The molecular weight excluding hydrogens is 373 g/mol. The van der Waals surface area contributed by atoms with E-state index in [2.05, 4.69) is 5.10 Å². The standard InChI is InChI=1S/C18H19Cl2N5O/c1-10-16(21)12(17(22)14-6-8-23-24(14)2)7-9-25(10)18(26)11-4-3-5-13(19)15(11)20/h3-6,8,10,22H,7,9,21H2,1-2H3. The lowest BCUT2D eigenvalue weighted by Gasteiger charge is -2.36. The summed E-state index contributed by atoms with van der Waals surface area (Å²) in [5.41, 5.74) is 8.93. The van der Waals surface area contributed by atoms with Crippen molar-refractivity contribution < 1.29 is 4.79 Å². The van der Waals surface area contributed by atoms with Gasteiger partial charge in [0.1, 0.15) is 0 Å². The summed E-state index contributed by atoms with van der Waals surface area (Å²) in [6.45, 7) is 2.29. The van der Waals surface area contributed by atoms with Crippen molar-refractivity contribution in [2.75, 3.05) is 6.54 Å². The van der Waals surface area contributed by atoms with Crippen molar-refractivity contribution in [3.63, 3.8) is 0 Å². The van der Waals surface area contributed by atoms with Crippen LogP contribution in [0.25, 0.3) is 0 Å². The van der Waals surface area contributed by atoms with E-state index in [1.54, 1.807) is 47.1 Å². The van der Waals surface area contributed by atoms with Crippen molar-refractivity contribution in [2.45, 2.75) is 19.4 Å². The van der Waals surface area contributed by atoms with E-state index in [0.29, 0.717) is 40.7 Å². The van der Waals surface area contributed by atoms with Crippen molar-refractivity contribution >= 4 is 34.8 Å². The number of amides is 1. The van der Waals surface area contributed by atoms with Gasteiger partial charge in [0.25, 0.3) is 5.91 Å². The molecule has 1 aliphatic rings. The molecule has 6 nitrogen and oxygen atoms in total. The maximum Gasteiger partial charge on any atom is 0.255 e. The van der Waals surface area contributed by atoms with Crippen LogP contribution in [0.1, 0.15) is 29.4 Å². The molecule has 0 saturated heterocycles. The van der Waals surface area contributed by atoms with Crippen LogP contribution in [0.3, 0.4) is 0 Å². The molecule has 0 fully saturated rings. The second-order valence-electron chi connectivity index (χ2n) is 6.17. The number of aromatic nitrogens is 2. The molecule has 136 valence electrons. The molecule has 1 aromatic heterocycles. The van der Waals surface area contributed by atoms with Crippen molar-refractivity contribution in [3.8, 4) is 0 Å². The molecule has 3 N–H and O–H groups in total. The topological polar surface area (TPSA) is 88.0 Å². The summed E-state index contributed by atoms with van der Waals surface area (Å²) in [6.07, 6.45) is 2.13. The Morgan fingerprint density at radius 1 is 1.35 bits per heavy atom. The molecule has 0 saturated carbocycles. The Morgan fingerprint density at radius 3 is 2.73 bits per heavy atom. The first-order valence-electron chi connectivity index (χ1n) is 8.13. The van der Waals surface area contributed by atoms with Crippen LogP contribution in [0.2, 0.25) is 10.0 Å². The molecule has 8 heteroatoms. The molecule has 1 unspecified atom stereocenters. The first kappa shape index (κ1) is 18.5. The molecule has 1 aliphatic heterocycles. The summed E-state index contributed by atoms with van der Waals surface area (Å²) in [5.74, 6) is -0.223. The van der Waals surface area contributed by atoms with Gasteiger partial charge in [0.05, 0.1) is 33.1 Å². The summed E-state index contributed by atoms with van der Waals surface area (Å²) in [7, 11) is 1.78. The number of carbonyl (C=O) groups is 1. The van der Waals surface area contributed by atoms with Gasteiger partial charge in [0, 0.05) is 31.1 Å². The van der Waals surface area contributed by atoms with Gasteiger partial charge in [0.2, 0.25) is 0 Å². The predicted octanol–water partition coefficient (Wildman–Crippen LogP) is 3.24. The summed E-state index contributed by atoms with van der Waals surface area (Å²) >= 11 is 12.2. The van der Waals surface area contributed by atoms with Gasteiger partial charge >= 0.3 is 0 Å². The third kappa shape index (κ3) is 3.10. The second kappa shape index (κ2) is 7.13. The molecule has 1 atom stereocenters. The van der Waals surface area contributed by atoms with Gasteiger partial charge in [-0.3, -0.25) is 14.9 Å². The normalized spacial score (nSPS) is 17.5. The van der Waals surface area contributed by atoms with Crippen LogP contribution in [-0.4, -0.2) is 38.9 Å². The Morgan fingerprint density at radius 2 is 2.08 bits per heavy atom. The number of carbonyl (C=O) groups excluding carboxylic acids is 1. The quantitative estimate of drug-likeness (QED) is 0.786. The molecule has 0 aliphatic carbocycles. The Balaban J connectivity index is 1.90. The van der Waals surface area contributed by atoms with E-state index in [4.69, 9.17) is 34.3 Å². The van der Waals surface area contributed by atoms with Gasteiger partial charge in [-0.05, 0) is 31.5 Å². The van der Waals surface area contributed by atoms with Crippen LogP contribution in [0.4, 0.5) is 0 Å². The molecule has 3 rings (SSSR count). The highest BCUT2D eigenvalue weighted by Gasteiger charge is 2.32. The lowest BCUT2D eigenvalue weighted by Crippen LogP contribution is -2.46. The van der Waals surface area contributed by atoms with E-state index < -0.39 is 0 Å². The fourth-order valence-corrected chi connectivity index (χ4v) is 3.52. The number of rotatable bonds is 3.